The van der Waals surface area contributed by atoms with Crippen molar-refractivity contribution >= 4 is 27.3 Å². The van der Waals surface area contributed by atoms with Crippen molar-refractivity contribution in [2.24, 2.45) is 0 Å². The lowest BCUT2D eigenvalue weighted by Crippen LogP contribution is -2.42. The molecule has 4 aromatic rings. The van der Waals surface area contributed by atoms with E-state index in [2.05, 4.69) is 47.1 Å². The van der Waals surface area contributed by atoms with Gasteiger partial charge in [-0.15, -0.1) is 0 Å². The summed E-state index contributed by atoms with van der Waals surface area (Å²) in [6, 6.07) is 7.38. The molecule has 1 aliphatic carbocycles. The first kappa shape index (κ1) is 25.9. The lowest BCUT2D eigenvalue weighted by molar-refractivity contribution is 0.0351. The molecule has 2 aliphatic rings. The summed E-state index contributed by atoms with van der Waals surface area (Å²) in [4.78, 5) is 19.8. The van der Waals surface area contributed by atoms with E-state index in [9.17, 15) is 13.5 Å². The normalized spacial score (nSPS) is 16.7. The minimum Gasteiger partial charge on any atom is -0.390 e. The molecule has 11 nitrogen and oxygen atoms in total. The second-order valence-electron chi connectivity index (χ2n) is 10.3. The lowest BCUT2D eigenvalue weighted by Gasteiger charge is -2.37. The smallest absolute Gasteiger partial charge is 0.256 e. The van der Waals surface area contributed by atoms with Crippen LogP contribution in [-0.4, -0.2) is 66.6 Å². The Bertz CT molecular complexity index is 1700. The SMILES string of the molecule is CC1(O)CCN(c2cc(Nc3ccnc(-c4cnn(S(=O)(=O)C5CC5)c4)n3)ncc2C#Cc2cccnc2)CC1. The molecule has 0 spiro atoms. The Morgan fingerprint density at radius 1 is 1.05 bits per heavy atom. The molecule has 2 fully saturated rings. The zero-order chi connectivity index (χ0) is 27.7. The summed E-state index contributed by atoms with van der Waals surface area (Å²) in [7, 11) is -3.47. The quantitative estimate of drug-likeness (QED) is 0.341. The summed E-state index contributed by atoms with van der Waals surface area (Å²) >= 11 is 0. The van der Waals surface area contributed by atoms with Crippen molar-refractivity contribution < 1.29 is 13.5 Å². The largest absolute Gasteiger partial charge is 0.390 e. The minimum atomic E-state index is -3.47. The average Bonchev–Trinajstić information content (AvgIpc) is 3.70. The third-order valence-corrected chi connectivity index (χ3v) is 9.04. The fraction of sp³-hybridized carbons (Fsp3) is 0.321. The standard InChI is InChI=1S/C28H28N8O3S/c1-28(37)9-13-35(14-10-28)24-15-26(31-17-21(24)5-4-20-3-2-11-29-16-20)33-25-8-12-30-27(34-25)22-18-32-36(19-22)40(38,39)23-6-7-23/h2-3,8,11-12,15-19,23,37H,6-7,9-10,13-14H2,1H3,(H,30,31,33,34). The van der Waals surface area contributed by atoms with Gasteiger partial charge in [0.25, 0.3) is 10.0 Å². The first-order valence-corrected chi connectivity index (χ1v) is 14.6. The molecule has 0 aromatic carbocycles. The van der Waals surface area contributed by atoms with Crippen molar-refractivity contribution in [2.75, 3.05) is 23.3 Å². The van der Waals surface area contributed by atoms with Gasteiger partial charge >= 0.3 is 0 Å². The second-order valence-corrected chi connectivity index (χ2v) is 12.4. The van der Waals surface area contributed by atoms with Crippen molar-refractivity contribution in [3.8, 4) is 23.2 Å². The van der Waals surface area contributed by atoms with Crippen LogP contribution >= 0.6 is 0 Å². The topological polar surface area (TPSA) is 139 Å². The third-order valence-electron chi connectivity index (χ3n) is 7.00. The number of hydrogen-bond acceptors (Lipinski definition) is 10. The van der Waals surface area contributed by atoms with Gasteiger partial charge in [-0.05, 0) is 50.8 Å². The lowest BCUT2D eigenvalue weighted by atomic mass is 9.93. The molecule has 6 rings (SSSR count). The Morgan fingerprint density at radius 2 is 1.88 bits per heavy atom. The van der Waals surface area contributed by atoms with E-state index in [1.807, 2.05) is 25.1 Å². The summed E-state index contributed by atoms with van der Waals surface area (Å²) in [6.45, 7) is 3.23. The average molecular weight is 557 g/mol. The van der Waals surface area contributed by atoms with E-state index < -0.39 is 15.6 Å². The number of aliphatic hydroxyl groups is 1. The van der Waals surface area contributed by atoms with Gasteiger partial charge in [-0.1, -0.05) is 11.8 Å². The van der Waals surface area contributed by atoms with Gasteiger partial charge in [-0.3, -0.25) is 4.98 Å². The molecule has 0 radical (unpaired) electrons. The molecule has 5 heterocycles. The van der Waals surface area contributed by atoms with Crippen LogP contribution in [0.4, 0.5) is 17.3 Å². The van der Waals surface area contributed by atoms with Crippen LogP contribution < -0.4 is 10.2 Å². The van der Waals surface area contributed by atoms with Gasteiger partial charge < -0.3 is 15.3 Å². The first-order valence-electron chi connectivity index (χ1n) is 13.1. The van der Waals surface area contributed by atoms with Crippen LogP contribution in [0.5, 0.6) is 0 Å². The molecule has 4 aromatic heterocycles. The fourth-order valence-electron chi connectivity index (χ4n) is 4.45. The molecule has 0 unspecified atom stereocenters. The van der Waals surface area contributed by atoms with Gasteiger partial charge in [0.1, 0.15) is 11.6 Å². The number of nitrogens with one attached hydrogen (secondary N) is 1. The molecular formula is C28H28N8O3S. The Balaban J connectivity index is 1.27. The van der Waals surface area contributed by atoms with E-state index in [0.29, 0.717) is 61.8 Å². The van der Waals surface area contributed by atoms with Gasteiger partial charge in [0.2, 0.25) is 0 Å². The number of hydrogen-bond donors (Lipinski definition) is 2. The van der Waals surface area contributed by atoms with Crippen LogP contribution in [0.1, 0.15) is 43.7 Å². The second kappa shape index (κ2) is 10.3. The molecule has 204 valence electrons. The fourth-order valence-corrected chi connectivity index (χ4v) is 5.93. The molecule has 40 heavy (non-hydrogen) atoms. The minimum absolute atomic E-state index is 0.347. The van der Waals surface area contributed by atoms with E-state index in [4.69, 9.17) is 0 Å². The van der Waals surface area contributed by atoms with Crippen LogP contribution in [0.25, 0.3) is 11.4 Å². The van der Waals surface area contributed by atoms with Crippen LogP contribution in [0, 0.1) is 11.8 Å². The summed E-state index contributed by atoms with van der Waals surface area (Å²) in [5.41, 5.74) is 2.30. The van der Waals surface area contributed by atoms with Crippen LogP contribution in [0.2, 0.25) is 0 Å². The molecular weight excluding hydrogens is 528 g/mol. The van der Waals surface area contributed by atoms with Gasteiger partial charge in [0, 0.05) is 49.5 Å². The maximum absolute atomic E-state index is 12.5. The summed E-state index contributed by atoms with van der Waals surface area (Å²) in [5.74, 6) is 7.79. The van der Waals surface area contributed by atoms with Crippen LogP contribution in [0.3, 0.4) is 0 Å². The zero-order valence-electron chi connectivity index (χ0n) is 21.9. The van der Waals surface area contributed by atoms with E-state index >= 15 is 0 Å². The number of anilines is 3. The Labute approximate surface area is 232 Å². The molecule has 1 saturated carbocycles. The van der Waals surface area contributed by atoms with E-state index in [-0.39, 0.29) is 5.25 Å². The first-order chi connectivity index (χ1) is 19.3. The van der Waals surface area contributed by atoms with Crippen LogP contribution in [-0.2, 0) is 10.0 Å². The molecule has 0 bridgehead atoms. The highest BCUT2D eigenvalue weighted by atomic mass is 32.2. The Kier molecular flexibility index (Phi) is 6.69. The summed E-state index contributed by atoms with van der Waals surface area (Å²) < 4.78 is 26.0. The maximum atomic E-state index is 12.5. The van der Waals surface area contributed by atoms with E-state index in [1.165, 1.54) is 12.4 Å². The van der Waals surface area contributed by atoms with Gasteiger partial charge in [-0.25, -0.2) is 23.4 Å². The Hall–Kier alpha value is -4.34. The maximum Gasteiger partial charge on any atom is 0.256 e. The highest BCUT2D eigenvalue weighted by molar-refractivity contribution is 7.90. The van der Waals surface area contributed by atoms with Gasteiger partial charge in [-0.2, -0.15) is 9.19 Å². The highest BCUT2D eigenvalue weighted by Crippen LogP contribution is 2.31. The Morgan fingerprint density at radius 3 is 2.62 bits per heavy atom. The van der Waals surface area contributed by atoms with Crippen LogP contribution in [0.15, 0.2) is 61.4 Å². The number of aromatic nitrogens is 6. The molecule has 1 saturated heterocycles. The number of rotatable bonds is 6. The van der Waals surface area contributed by atoms with Crippen molar-refractivity contribution in [1.82, 2.24) is 29.1 Å². The number of piperidine rings is 1. The van der Waals surface area contributed by atoms with E-state index in [1.54, 1.807) is 30.9 Å². The van der Waals surface area contributed by atoms with Gasteiger partial charge in [0.15, 0.2) is 5.82 Å². The van der Waals surface area contributed by atoms with Crippen molar-refractivity contribution in [1.29, 1.82) is 0 Å². The van der Waals surface area contributed by atoms with Crippen molar-refractivity contribution in [2.45, 2.75) is 43.5 Å². The third kappa shape index (κ3) is 5.66. The monoisotopic (exact) mass is 556 g/mol. The molecule has 12 heteroatoms. The predicted molar refractivity (Wildman–Crippen MR) is 150 cm³/mol. The molecule has 0 atom stereocenters. The predicted octanol–water partition coefficient (Wildman–Crippen LogP) is 2.97. The summed E-state index contributed by atoms with van der Waals surface area (Å²) in [5, 5.41) is 17.4. The van der Waals surface area contributed by atoms with E-state index in [0.717, 1.165) is 20.9 Å². The van der Waals surface area contributed by atoms with Crippen molar-refractivity contribution in [3.63, 3.8) is 0 Å². The summed E-state index contributed by atoms with van der Waals surface area (Å²) in [6.07, 6.45) is 12.3. The number of nitrogens with zero attached hydrogens (tertiary/aromatic N) is 7. The van der Waals surface area contributed by atoms with Gasteiger partial charge in [0.05, 0.1) is 40.1 Å². The van der Waals surface area contributed by atoms with Crippen molar-refractivity contribution in [3.05, 3.63) is 72.6 Å². The molecule has 2 N–H and O–H groups in total. The number of pyridine rings is 2. The molecule has 1 aliphatic heterocycles. The zero-order valence-corrected chi connectivity index (χ0v) is 22.7. The highest BCUT2D eigenvalue weighted by Gasteiger charge is 2.37. The molecule has 0 amide bonds.